The molecule has 1 aromatic heterocycles. The monoisotopic (exact) mass is 813 g/mol. The summed E-state index contributed by atoms with van der Waals surface area (Å²) in [5.41, 5.74) is 22.5. The van der Waals surface area contributed by atoms with Crippen molar-refractivity contribution in [2.45, 2.75) is 0 Å². The van der Waals surface area contributed by atoms with Crippen molar-refractivity contribution in [3.8, 4) is 55.6 Å². The number of anilines is 3. The highest BCUT2D eigenvalue weighted by molar-refractivity contribution is 6.63. The molecule has 0 bridgehead atoms. The van der Waals surface area contributed by atoms with Crippen LogP contribution in [0.25, 0.3) is 88.3 Å². The first-order chi connectivity index (χ1) is 31.4. The second kappa shape index (κ2) is 16.2. The molecule has 10 aromatic carbocycles. The van der Waals surface area contributed by atoms with Gasteiger partial charge in [-0.1, -0.05) is 198 Å². The van der Waals surface area contributed by atoms with Crippen LogP contribution >= 0.6 is 0 Å². The van der Waals surface area contributed by atoms with Crippen molar-refractivity contribution in [3.63, 3.8) is 0 Å². The zero-order chi connectivity index (χ0) is 43.3. The zero-order valence-electron chi connectivity index (χ0n) is 36.6. The summed E-state index contributed by atoms with van der Waals surface area (Å²) in [5.74, 6) is 0. The quantitative estimate of drug-likeness (QED) is 0.142. The van der Waals surface area contributed by atoms with E-state index in [1.54, 1.807) is 0 Å². The Morgan fingerprint density at radius 2 is 0.781 bits per heavy atom. The van der Waals surface area contributed by atoms with Gasteiger partial charge in [0.1, 0.15) is 42.6 Å². The largest absolute Gasteiger partial charge is 0.455 e. The highest BCUT2D eigenvalue weighted by Crippen LogP contribution is 2.41. The average Bonchev–Trinajstić information content (AvgIpc) is 3.76. The lowest BCUT2D eigenvalue weighted by Gasteiger charge is -2.32. The third kappa shape index (κ3) is 6.83. The third-order valence-electron chi connectivity index (χ3n) is 13.4. The van der Waals surface area contributed by atoms with Crippen LogP contribution in [-0.2, 0) is 0 Å². The molecular weight excluding hydrogens is 770 g/mol. The second-order valence-electron chi connectivity index (χ2n) is 17.0. The Labute approximate surface area is 378 Å². The van der Waals surface area contributed by atoms with E-state index < -0.39 is 0 Å². The van der Waals surface area contributed by atoms with Gasteiger partial charge in [-0.25, -0.2) is 0 Å². The molecule has 1 heterocycles. The van der Waals surface area contributed by atoms with Crippen molar-refractivity contribution in [1.29, 1.82) is 0 Å². The molecule has 6 heteroatoms. The smallest absolute Gasteiger partial charge is 0.143 e. The van der Waals surface area contributed by atoms with Crippen LogP contribution in [0.15, 0.2) is 217 Å². The standard InChI is InChI=1S/C58H43B4NO/c59-53-51(44-24-22-39(23-25-44)37-12-5-2-6-13-37)54(60)56(62)57(55(53)61)63(45-31-26-41(27-32-45)40-20-18-38(19-21-40)36-10-3-1-4-11-36)46-33-28-43(29-34-46)47-16-9-17-50-52(47)49-35-30-42-14-7-8-15-48(42)58(49)64-50/h1-35H,59-62H2. The van der Waals surface area contributed by atoms with E-state index in [1.165, 1.54) is 77.4 Å². The molecule has 0 atom stereocenters. The van der Waals surface area contributed by atoms with E-state index in [-0.39, 0.29) is 0 Å². The van der Waals surface area contributed by atoms with Crippen molar-refractivity contribution >= 4 is 103 Å². The topological polar surface area (TPSA) is 16.4 Å². The highest BCUT2D eigenvalue weighted by Gasteiger charge is 2.23. The average molecular weight is 813 g/mol. The predicted octanol–water partition coefficient (Wildman–Crippen LogP) is 9.58. The van der Waals surface area contributed by atoms with Crippen molar-refractivity contribution in [2.24, 2.45) is 0 Å². The molecule has 0 saturated heterocycles. The van der Waals surface area contributed by atoms with E-state index in [4.69, 9.17) is 4.42 Å². The van der Waals surface area contributed by atoms with E-state index in [0.29, 0.717) is 0 Å². The molecule has 0 unspecified atom stereocenters. The second-order valence-corrected chi connectivity index (χ2v) is 17.0. The molecule has 11 aromatic rings. The molecule has 0 fully saturated rings. The Balaban J connectivity index is 1.01. The lowest BCUT2D eigenvalue weighted by Crippen LogP contribution is -2.46. The molecule has 64 heavy (non-hydrogen) atoms. The fourth-order valence-corrected chi connectivity index (χ4v) is 9.80. The lowest BCUT2D eigenvalue weighted by molar-refractivity contribution is 0.673. The van der Waals surface area contributed by atoms with E-state index in [2.05, 4.69) is 249 Å². The summed E-state index contributed by atoms with van der Waals surface area (Å²) >= 11 is 0. The van der Waals surface area contributed by atoms with Gasteiger partial charge in [0.15, 0.2) is 0 Å². The molecule has 0 spiro atoms. The van der Waals surface area contributed by atoms with Crippen LogP contribution in [-0.4, -0.2) is 31.4 Å². The van der Waals surface area contributed by atoms with Gasteiger partial charge in [0, 0.05) is 33.2 Å². The number of nitrogens with zero attached hydrogens (tertiary/aromatic N) is 1. The molecular formula is C58H43B4NO. The van der Waals surface area contributed by atoms with Crippen LogP contribution in [0.3, 0.4) is 0 Å². The summed E-state index contributed by atoms with van der Waals surface area (Å²) < 4.78 is 6.58. The minimum absolute atomic E-state index is 0.899. The van der Waals surface area contributed by atoms with Gasteiger partial charge in [-0.3, -0.25) is 0 Å². The van der Waals surface area contributed by atoms with Crippen LogP contribution in [0.5, 0.6) is 0 Å². The van der Waals surface area contributed by atoms with Crippen LogP contribution in [0.4, 0.5) is 17.1 Å². The van der Waals surface area contributed by atoms with Gasteiger partial charge < -0.3 is 9.32 Å². The maximum atomic E-state index is 6.58. The molecule has 0 saturated carbocycles. The minimum atomic E-state index is 0.899. The molecule has 0 aliphatic heterocycles. The number of benzene rings is 10. The van der Waals surface area contributed by atoms with Gasteiger partial charge in [0.25, 0.3) is 0 Å². The van der Waals surface area contributed by atoms with Crippen molar-refractivity contribution in [1.82, 2.24) is 0 Å². The molecule has 11 rings (SSSR count). The summed E-state index contributed by atoms with van der Waals surface area (Å²) in [6.45, 7) is 0. The first-order valence-electron chi connectivity index (χ1n) is 22.2. The molecule has 0 aliphatic rings. The molecule has 0 N–H and O–H groups in total. The highest BCUT2D eigenvalue weighted by atomic mass is 16.3. The Hall–Kier alpha value is -7.68. The Morgan fingerprint density at radius 3 is 1.33 bits per heavy atom. The number of hydrogen-bond acceptors (Lipinski definition) is 2. The summed E-state index contributed by atoms with van der Waals surface area (Å²) in [6.07, 6.45) is 0. The first-order valence-corrected chi connectivity index (χ1v) is 22.2. The Bertz CT molecular complexity index is 3460. The van der Waals surface area contributed by atoms with Gasteiger partial charge in [0.05, 0.1) is 0 Å². The Morgan fingerprint density at radius 1 is 0.328 bits per heavy atom. The van der Waals surface area contributed by atoms with Crippen LogP contribution in [0, 0.1) is 0 Å². The fourth-order valence-electron chi connectivity index (χ4n) is 9.80. The van der Waals surface area contributed by atoms with Crippen molar-refractivity contribution < 1.29 is 4.42 Å². The van der Waals surface area contributed by atoms with E-state index in [1.807, 2.05) is 0 Å². The van der Waals surface area contributed by atoms with E-state index >= 15 is 0 Å². The summed E-state index contributed by atoms with van der Waals surface area (Å²) in [6, 6.07) is 76.6. The van der Waals surface area contributed by atoms with Crippen LogP contribution < -0.4 is 26.8 Å². The molecule has 2 nitrogen and oxygen atoms in total. The van der Waals surface area contributed by atoms with Gasteiger partial charge in [-0.15, -0.1) is 0 Å². The van der Waals surface area contributed by atoms with Crippen molar-refractivity contribution in [3.05, 3.63) is 212 Å². The number of rotatable bonds is 8. The maximum Gasteiger partial charge on any atom is 0.143 e. The van der Waals surface area contributed by atoms with Gasteiger partial charge >= 0.3 is 0 Å². The predicted molar refractivity (Wildman–Crippen MR) is 286 cm³/mol. The molecule has 0 aliphatic carbocycles. The third-order valence-corrected chi connectivity index (χ3v) is 13.4. The SMILES string of the molecule is Bc1c(B)c(N(c2ccc(-c3ccc(-c4ccccc4)cc3)cc2)c2ccc(-c3cccc4oc5c6ccccc6ccc5c34)cc2)c(B)c(B)c1-c1ccc(-c2ccccc2)cc1. The summed E-state index contributed by atoms with van der Waals surface area (Å²) in [7, 11) is 9.15. The van der Waals surface area contributed by atoms with Crippen LogP contribution in [0.1, 0.15) is 0 Å². The van der Waals surface area contributed by atoms with E-state index in [0.717, 1.165) is 49.8 Å². The fraction of sp³-hybridized carbons (Fsp3) is 0. The zero-order valence-corrected chi connectivity index (χ0v) is 36.6. The van der Waals surface area contributed by atoms with Gasteiger partial charge in [0.2, 0.25) is 0 Å². The number of furan rings is 1. The minimum Gasteiger partial charge on any atom is -0.455 e. The number of fused-ring (bicyclic) bond motifs is 5. The summed E-state index contributed by atoms with van der Waals surface area (Å²) in [4.78, 5) is 2.46. The normalized spacial score (nSPS) is 11.4. The lowest BCUT2D eigenvalue weighted by atomic mass is 9.64. The van der Waals surface area contributed by atoms with Crippen molar-refractivity contribution in [2.75, 3.05) is 4.90 Å². The van der Waals surface area contributed by atoms with Gasteiger partial charge in [-0.05, 0) is 97.4 Å². The molecule has 298 valence electrons. The molecule has 0 amide bonds. The summed E-state index contributed by atoms with van der Waals surface area (Å²) in [5, 5.41) is 4.59. The van der Waals surface area contributed by atoms with Gasteiger partial charge in [-0.2, -0.15) is 0 Å². The van der Waals surface area contributed by atoms with E-state index in [9.17, 15) is 0 Å². The van der Waals surface area contributed by atoms with Crippen LogP contribution in [0.2, 0.25) is 0 Å². The Kier molecular flexibility index (Phi) is 9.93. The molecule has 0 radical (unpaired) electrons. The first kappa shape index (κ1) is 39.2. The number of hydrogen-bond donors (Lipinski definition) is 0. The maximum absolute atomic E-state index is 6.58.